The van der Waals surface area contributed by atoms with Crippen molar-refractivity contribution < 1.29 is 19.1 Å². The lowest BCUT2D eigenvalue weighted by atomic mass is 9.78. The number of nitrogens with zero attached hydrogens (tertiary/aromatic N) is 1. The van der Waals surface area contributed by atoms with Gasteiger partial charge in [-0.15, -0.1) is 0 Å². The van der Waals surface area contributed by atoms with Gasteiger partial charge in [0.2, 0.25) is 11.8 Å². The number of hydrogen-bond donors (Lipinski definition) is 2. The van der Waals surface area contributed by atoms with Crippen molar-refractivity contribution in [2.75, 3.05) is 12.9 Å². The van der Waals surface area contributed by atoms with Gasteiger partial charge in [-0.05, 0) is 5.56 Å². The molecule has 0 radical (unpaired) electrons. The second kappa shape index (κ2) is 7.66. The Morgan fingerprint density at radius 2 is 2.04 bits per heavy atom. The number of rotatable bonds is 5. The smallest absolute Gasteiger partial charge is 0.316 e. The Hall–Kier alpha value is -2.79. The van der Waals surface area contributed by atoms with Crippen molar-refractivity contribution in [3.8, 4) is 6.07 Å². The SMILES string of the molecule is COC(=O)CSC1=C(C(N)=O)[C@@H](c2ccccc2)[C@@H](C#N)C(=O)N1. The summed E-state index contributed by atoms with van der Waals surface area (Å²) in [5, 5.41) is 12.0. The van der Waals surface area contributed by atoms with Gasteiger partial charge in [0.15, 0.2) is 0 Å². The molecule has 7 nitrogen and oxygen atoms in total. The molecule has 8 heteroatoms. The molecule has 1 aromatic carbocycles. The van der Waals surface area contributed by atoms with Crippen LogP contribution in [0.1, 0.15) is 11.5 Å². The van der Waals surface area contributed by atoms with Gasteiger partial charge >= 0.3 is 5.97 Å². The summed E-state index contributed by atoms with van der Waals surface area (Å²) in [6.07, 6.45) is 0. The Morgan fingerprint density at radius 3 is 2.58 bits per heavy atom. The monoisotopic (exact) mass is 345 g/mol. The molecule has 124 valence electrons. The van der Waals surface area contributed by atoms with Crippen LogP contribution < -0.4 is 11.1 Å². The first-order valence-electron chi connectivity index (χ1n) is 6.98. The van der Waals surface area contributed by atoms with Crippen LogP contribution in [-0.4, -0.2) is 30.6 Å². The van der Waals surface area contributed by atoms with E-state index in [1.54, 1.807) is 30.3 Å². The lowest BCUT2D eigenvalue weighted by molar-refractivity contribution is -0.137. The zero-order valence-electron chi connectivity index (χ0n) is 12.8. The van der Waals surface area contributed by atoms with Crippen molar-refractivity contribution in [1.82, 2.24) is 5.32 Å². The van der Waals surface area contributed by atoms with Gasteiger partial charge in [0.05, 0.1) is 29.5 Å². The molecule has 2 atom stereocenters. The first-order chi connectivity index (χ1) is 11.5. The number of primary amides is 1. The third-order valence-electron chi connectivity index (χ3n) is 3.53. The van der Waals surface area contributed by atoms with Crippen LogP contribution in [0.2, 0.25) is 0 Å². The van der Waals surface area contributed by atoms with Crippen LogP contribution in [0.4, 0.5) is 0 Å². The number of nitriles is 1. The maximum Gasteiger partial charge on any atom is 0.316 e. The lowest BCUT2D eigenvalue weighted by Gasteiger charge is -2.30. The summed E-state index contributed by atoms with van der Waals surface area (Å²) in [7, 11) is 1.24. The summed E-state index contributed by atoms with van der Waals surface area (Å²) in [4.78, 5) is 35.6. The topological polar surface area (TPSA) is 122 Å². The Kier molecular flexibility index (Phi) is 5.60. The molecule has 2 rings (SSSR count). The highest BCUT2D eigenvalue weighted by Gasteiger charge is 2.41. The van der Waals surface area contributed by atoms with E-state index in [1.165, 1.54) is 7.11 Å². The zero-order valence-corrected chi connectivity index (χ0v) is 13.6. The van der Waals surface area contributed by atoms with E-state index in [0.29, 0.717) is 5.56 Å². The largest absolute Gasteiger partial charge is 0.468 e. The first-order valence-corrected chi connectivity index (χ1v) is 7.97. The van der Waals surface area contributed by atoms with Gasteiger partial charge in [0, 0.05) is 5.92 Å². The maximum absolute atomic E-state index is 12.3. The molecule has 0 spiro atoms. The third-order valence-corrected chi connectivity index (χ3v) is 4.52. The number of ether oxygens (including phenoxy) is 1. The van der Waals surface area contributed by atoms with Crippen molar-refractivity contribution in [3.05, 3.63) is 46.5 Å². The fraction of sp³-hybridized carbons (Fsp3) is 0.250. The van der Waals surface area contributed by atoms with E-state index in [2.05, 4.69) is 10.1 Å². The lowest BCUT2D eigenvalue weighted by Crippen LogP contribution is -2.42. The van der Waals surface area contributed by atoms with E-state index in [9.17, 15) is 19.6 Å². The van der Waals surface area contributed by atoms with Crippen LogP contribution >= 0.6 is 11.8 Å². The molecule has 24 heavy (non-hydrogen) atoms. The quantitative estimate of drug-likeness (QED) is 0.755. The zero-order chi connectivity index (χ0) is 17.7. The van der Waals surface area contributed by atoms with Gasteiger partial charge < -0.3 is 15.8 Å². The molecule has 1 aromatic rings. The summed E-state index contributed by atoms with van der Waals surface area (Å²) >= 11 is 0.944. The fourth-order valence-corrected chi connectivity index (χ4v) is 3.37. The molecular formula is C16H15N3O4S. The van der Waals surface area contributed by atoms with Gasteiger partial charge in [-0.1, -0.05) is 42.1 Å². The normalized spacial score (nSPS) is 20.1. The molecule has 0 fully saturated rings. The standard InChI is InChI=1S/C16H15N3O4S/c1-23-11(20)8-24-16-13(14(18)21)12(9-5-3-2-4-6-9)10(7-17)15(22)19-16/h2-6,10,12H,8H2,1H3,(H2,18,21)(H,19,22)/t10-,12+/m1/s1. The number of nitrogens with one attached hydrogen (secondary N) is 1. The average molecular weight is 345 g/mol. The predicted octanol–water partition coefficient (Wildman–Crippen LogP) is 0.643. The number of methoxy groups -OCH3 is 1. The van der Waals surface area contributed by atoms with Crippen LogP contribution in [0, 0.1) is 17.2 Å². The van der Waals surface area contributed by atoms with E-state index in [4.69, 9.17) is 5.73 Å². The molecule has 1 aliphatic rings. The van der Waals surface area contributed by atoms with Crippen LogP contribution in [-0.2, 0) is 19.1 Å². The minimum Gasteiger partial charge on any atom is -0.468 e. The maximum atomic E-state index is 12.3. The van der Waals surface area contributed by atoms with Crippen molar-refractivity contribution >= 4 is 29.5 Å². The minimum atomic E-state index is -1.09. The van der Waals surface area contributed by atoms with E-state index < -0.39 is 29.6 Å². The van der Waals surface area contributed by atoms with Gasteiger partial charge in [-0.3, -0.25) is 14.4 Å². The van der Waals surface area contributed by atoms with E-state index >= 15 is 0 Å². The average Bonchev–Trinajstić information content (AvgIpc) is 2.59. The number of esters is 1. The highest BCUT2D eigenvalue weighted by molar-refractivity contribution is 8.03. The summed E-state index contributed by atoms with van der Waals surface area (Å²) < 4.78 is 4.55. The van der Waals surface area contributed by atoms with Gasteiger partial charge in [-0.25, -0.2) is 0 Å². The molecule has 0 bridgehead atoms. The van der Waals surface area contributed by atoms with Crippen molar-refractivity contribution in [2.45, 2.75) is 5.92 Å². The minimum absolute atomic E-state index is 0.0956. The molecule has 1 aliphatic heterocycles. The highest BCUT2D eigenvalue weighted by Crippen LogP contribution is 2.39. The molecular weight excluding hydrogens is 330 g/mol. The van der Waals surface area contributed by atoms with Crippen molar-refractivity contribution in [1.29, 1.82) is 5.26 Å². The highest BCUT2D eigenvalue weighted by atomic mass is 32.2. The molecule has 2 amide bonds. The van der Waals surface area contributed by atoms with E-state index in [1.807, 2.05) is 6.07 Å². The molecule has 0 aliphatic carbocycles. The van der Waals surface area contributed by atoms with Crippen molar-refractivity contribution in [2.24, 2.45) is 11.7 Å². The Bertz CT molecular complexity index is 739. The second-order valence-electron chi connectivity index (χ2n) is 4.96. The summed E-state index contributed by atoms with van der Waals surface area (Å²) in [5.74, 6) is -3.77. The number of carbonyl (C=O) groups excluding carboxylic acids is 3. The van der Waals surface area contributed by atoms with Crippen molar-refractivity contribution in [3.63, 3.8) is 0 Å². The summed E-state index contributed by atoms with van der Waals surface area (Å²) in [6, 6.07) is 10.7. The summed E-state index contributed by atoms with van der Waals surface area (Å²) in [6.45, 7) is 0. The second-order valence-corrected chi connectivity index (χ2v) is 5.94. The number of carbonyl (C=O) groups is 3. The molecule has 0 unspecified atom stereocenters. The summed E-state index contributed by atoms with van der Waals surface area (Å²) in [5.41, 5.74) is 6.24. The fourth-order valence-electron chi connectivity index (χ4n) is 2.44. The number of thioether (sulfide) groups is 1. The number of amides is 2. The van der Waals surface area contributed by atoms with Crippen LogP contribution in [0.5, 0.6) is 0 Å². The van der Waals surface area contributed by atoms with Gasteiger partial charge in [0.1, 0.15) is 5.92 Å². The Balaban J connectivity index is 2.52. The molecule has 0 aromatic heterocycles. The first kappa shape index (κ1) is 17.6. The van der Waals surface area contributed by atoms with Gasteiger partial charge in [0.25, 0.3) is 0 Å². The Morgan fingerprint density at radius 1 is 1.38 bits per heavy atom. The third kappa shape index (κ3) is 3.58. The number of nitrogens with two attached hydrogens (primary N) is 1. The molecule has 0 saturated carbocycles. The van der Waals surface area contributed by atoms with E-state index in [-0.39, 0.29) is 16.4 Å². The molecule has 0 saturated heterocycles. The van der Waals surface area contributed by atoms with Crippen LogP contribution in [0.25, 0.3) is 0 Å². The number of benzene rings is 1. The predicted molar refractivity (Wildman–Crippen MR) is 87.1 cm³/mol. The van der Waals surface area contributed by atoms with E-state index in [0.717, 1.165) is 11.8 Å². The number of hydrogen-bond acceptors (Lipinski definition) is 6. The van der Waals surface area contributed by atoms with Crippen LogP contribution in [0.15, 0.2) is 40.9 Å². The van der Waals surface area contributed by atoms with Gasteiger partial charge in [-0.2, -0.15) is 5.26 Å². The molecule has 3 N–H and O–H groups in total. The van der Waals surface area contributed by atoms with Crippen LogP contribution in [0.3, 0.4) is 0 Å². The Labute approximate surface area is 142 Å². The molecule has 1 heterocycles.